The number of dihydropyridines is 1. The van der Waals surface area contributed by atoms with Crippen molar-refractivity contribution >= 4 is 11.6 Å². The van der Waals surface area contributed by atoms with Crippen molar-refractivity contribution in [2.45, 2.75) is 6.36 Å². The minimum Gasteiger partial charge on any atom is -0.403 e. The van der Waals surface area contributed by atoms with Crippen molar-refractivity contribution in [3.8, 4) is 5.75 Å². The van der Waals surface area contributed by atoms with Crippen LogP contribution in [0.4, 0.5) is 23.2 Å². The Morgan fingerprint density at radius 1 is 1.33 bits per heavy atom. The van der Waals surface area contributed by atoms with Crippen LogP contribution in [0.25, 0.3) is 0 Å². The molecule has 0 unspecified atom stereocenters. The van der Waals surface area contributed by atoms with E-state index in [1.807, 2.05) is 0 Å². The summed E-state index contributed by atoms with van der Waals surface area (Å²) in [5, 5.41) is 5.20. The highest BCUT2D eigenvalue weighted by Crippen LogP contribution is 2.27. The zero-order valence-corrected chi connectivity index (χ0v) is 10.5. The summed E-state index contributed by atoms with van der Waals surface area (Å²) in [4.78, 5) is 11.8. The molecule has 0 radical (unpaired) electrons. The highest BCUT2D eigenvalue weighted by molar-refractivity contribution is 6.04. The molecule has 0 bridgehead atoms. The smallest absolute Gasteiger partial charge is 0.403 e. The van der Waals surface area contributed by atoms with Crippen molar-refractivity contribution in [1.82, 2.24) is 5.32 Å². The van der Waals surface area contributed by atoms with E-state index in [4.69, 9.17) is 0 Å². The van der Waals surface area contributed by atoms with Crippen molar-refractivity contribution in [2.24, 2.45) is 0 Å². The Balaban J connectivity index is 2.08. The average Bonchev–Trinajstić information content (AvgIpc) is 2.41. The van der Waals surface area contributed by atoms with Gasteiger partial charge in [0.25, 0.3) is 5.91 Å². The van der Waals surface area contributed by atoms with Crippen molar-refractivity contribution in [3.63, 3.8) is 0 Å². The summed E-state index contributed by atoms with van der Waals surface area (Å²) in [7, 11) is 0. The van der Waals surface area contributed by atoms with Crippen LogP contribution >= 0.6 is 0 Å². The Morgan fingerprint density at radius 2 is 2.10 bits per heavy atom. The van der Waals surface area contributed by atoms with Gasteiger partial charge in [0.05, 0.1) is 0 Å². The largest absolute Gasteiger partial charge is 0.573 e. The van der Waals surface area contributed by atoms with Gasteiger partial charge in [-0.15, -0.1) is 13.2 Å². The molecule has 0 saturated heterocycles. The first-order valence-electron chi connectivity index (χ1n) is 5.81. The number of benzene rings is 1. The van der Waals surface area contributed by atoms with E-state index in [9.17, 15) is 22.4 Å². The van der Waals surface area contributed by atoms with Gasteiger partial charge in [0.15, 0.2) is 11.6 Å². The molecule has 0 atom stereocenters. The molecule has 1 aliphatic heterocycles. The lowest BCUT2D eigenvalue weighted by atomic mass is 10.2. The molecule has 0 saturated carbocycles. The van der Waals surface area contributed by atoms with Gasteiger partial charge in [-0.3, -0.25) is 4.79 Å². The number of nitrogens with one attached hydrogen (secondary N) is 2. The monoisotopic (exact) mass is 302 g/mol. The van der Waals surface area contributed by atoms with Crippen LogP contribution in [0.5, 0.6) is 5.75 Å². The number of carbonyl (C=O) groups excluding carboxylic acids is 1. The van der Waals surface area contributed by atoms with Crippen LogP contribution in [-0.2, 0) is 4.79 Å². The van der Waals surface area contributed by atoms with E-state index < -0.39 is 23.8 Å². The van der Waals surface area contributed by atoms with Gasteiger partial charge in [0.1, 0.15) is 0 Å². The van der Waals surface area contributed by atoms with Crippen molar-refractivity contribution in [2.75, 3.05) is 11.9 Å². The van der Waals surface area contributed by atoms with Crippen LogP contribution in [0, 0.1) is 5.82 Å². The maximum atomic E-state index is 13.5. The average molecular weight is 302 g/mol. The molecular weight excluding hydrogens is 292 g/mol. The number of ether oxygens (including phenoxy) is 1. The second-order valence-electron chi connectivity index (χ2n) is 4.08. The standard InChI is InChI=1S/C13H10F4N2O2/c14-10-6-9(3-4-11(10)21-13(15,16)17)19-12(20)8-2-1-5-18-7-8/h1-6,18H,7H2,(H,19,20). The molecule has 1 aromatic carbocycles. The van der Waals surface area contributed by atoms with E-state index in [0.29, 0.717) is 12.1 Å². The molecule has 112 valence electrons. The fourth-order valence-corrected chi connectivity index (χ4v) is 1.61. The molecule has 21 heavy (non-hydrogen) atoms. The van der Waals surface area contributed by atoms with E-state index in [1.54, 1.807) is 18.4 Å². The minimum atomic E-state index is -4.98. The van der Waals surface area contributed by atoms with Crippen molar-refractivity contribution < 1.29 is 27.1 Å². The number of rotatable bonds is 3. The van der Waals surface area contributed by atoms with Crippen molar-refractivity contribution in [3.05, 3.63) is 47.9 Å². The van der Waals surface area contributed by atoms with E-state index in [2.05, 4.69) is 15.4 Å². The topological polar surface area (TPSA) is 50.4 Å². The molecule has 1 aromatic rings. The molecule has 0 aliphatic carbocycles. The highest BCUT2D eigenvalue weighted by Gasteiger charge is 2.32. The third-order valence-corrected chi connectivity index (χ3v) is 2.51. The van der Waals surface area contributed by atoms with Gasteiger partial charge in [-0.05, 0) is 24.4 Å². The summed E-state index contributed by atoms with van der Waals surface area (Å²) >= 11 is 0. The SMILES string of the molecule is O=C(Nc1ccc(OC(F)(F)F)c(F)c1)C1=CC=CNC1. The summed E-state index contributed by atoms with van der Waals surface area (Å²) < 4.78 is 52.9. The second kappa shape index (κ2) is 5.86. The second-order valence-corrected chi connectivity index (χ2v) is 4.08. The lowest BCUT2D eigenvalue weighted by molar-refractivity contribution is -0.275. The first-order chi connectivity index (χ1) is 9.85. The fourth-order valence-electron chi connectivity index (χ4n) is 1.61. The van der Waals surface area contributed by atoms with E-state index in [-0.39, 0.29) is 5.69 Å². The molecule has 4 nitrogen and oxygen atoms in total. The quantitative estimate of drug-likeness (QED) is 0.844. The minimum absolute atomic E-state index is 0.0301. The number of carbonyl (C=O) groups is 1. The molecule has 8 heteroatoms. The molecule has 0 aromatic heterocycles. The molecular formula is C13H10F4N2O2. The zero-order valence-electron chi connectivity index (χ0n) is 10.5. The Hall–Kier alpha value is -2.51. The first-order valence-corrected chi connectivity index (χ1v) is 5.81. The predicted octanol–water partition coefficient (Wildman–Crippen LogP) is 2.71. The van der Waals surface area contributed by atoms with Crippen LogP contribution in [0.1, 0.15) is 0 Å². The maximum Gasteiger partial charge on any atom is 0.573 e. The van der Waals surface area contributed by atoms with E-state index in [1.165, 1.54) is 0 Å². The van der Waals surface area contributed by atoms with Crippen LogP contribution in [0.2, 0.25) is 0 Å². The number of hydrogen-bond donors (Lipinski definition) is 2. The summed E-state index contributed by atoms with van der Waals surface area (Å²) in [6.45, 7) is 0.306. The Labute approximate surface area is 117 Å². The van der Waals surface area contributed by atoms with Gasteiger partial charge in [-0.1, -0.05) is 6.08 Å². The number of hydrogen-bond acceptors (Lipinski definition) is 3. The summed E-state index contributed by atoms with van der Waals surface area (Å²) in [6.07, 6.45) is -0.126. The van der Waals surface area contributed by atoms with Crippen LogP contribution in [0.3, 0.4) is 0 Å². The molecule has 2 N–H and O–H groups in total. The van der Waals surface area contributed by atoms with Crippen molar-refractivity contribution in [1.29, 1.82) is 0 Å². The van der Waals surface area contributed by atoms with Gasteiger partial charge in [0.2, 0.25) is 0 Å². The van der Waals surface area contributed by atoms with Crippen LogP contribution < -0.4 is 15.4 Å². The van der Waals surface area contributed by atoms with Gasteiger partial charge < -0.3 is 15.4 Å². The molecule has 2 rings (SSSR count). The van der Waals surface area contributed by atoms with Gasteiger partial charge in [-0.2, -0.15) is 0 Å². The Morgan fingerprint density at radius 3 is 2.67 bits per heavy atom. The predicted molar refractivity (Wildman–Crippen MR) is 66.9 cm³/mol. The molecule has 0 spiro atoms. The third-order valence-electron chi connectivity index (χ3n) is 2.51. The zero-order chi connectivity index (χ0) is 15.5. The molecule has 1 heterocycles. The van der Waals surface area contributed by atoms with E-state index >= 15 is 0 Å². The molecule has 1 amide bonds. The molecule has 0 fully saturated rings. The normalized spacial score (nSPS) is 14.2. The summed E-state index contributed by atoms with van der Waals surface area (Å²) in [5.41, 5.74) is 0.441. The van der Waals surface area contributed by atoms with Gasteiger partial charge in [-0.25, -0.2) is 4.39 Å². The van der Waals surface area contributed by atoms with Gasteiger partial charge in [0, 0.05) is 23.9 Å². The number of halogens is 4. The van der Waals surface area contributed by atoms with E-state index in [0.717, 1.165) is 18.2 Å². The Bertz CT molecular complexity index is 609. The third kappa shape index (κ3) is 4.23. The highest BCUT2D eigenvalue weighted by atomic mass is 19.4. The maximum absolute atomic E-state index is 13.5. The number of amides is 1. The van der Waals surface area contributed by atoms with Crippen LogP contribution in [0.15, 0.2) is 42.1 Å². The number of alkyl halides is 3. The molecule has 1 aliphatic rings. The summed E-state index contributed by atoms with van der Waals surface area (Å²) in [5.74, 6) is -2.65. The first kappa shape index (κ1) is 14.9. The fraction of sp³-hybridized carbons (Fsp3) is 0.154. The Kier molecular flexibility index (Phi) is 4.15. The number of allylic oxidation sites excluding steroid dienone is 2. The van der Waals surface area contributed by atoms with Crippen LogP contribution in [-0.4, -0.2) is 18.8 Å². The summed E-state index contributed by atoms with van der Waals surface area (Å²) in [6, 6.07) is 2.67. The number of anilines is 1. The van der Waals surface area contributed by atoms with Gasteiger partial charge >= 0.3 is 6.36 Å². The lowest BCUT2D eigenvalue weighted by Crippen LogP contribution is -2.24. The lowest BCUT2D eigenvalue weighted by Gasteiger charge is -2.13.